The molecule has 1 aromatic carbocycles. The Morgan fingerprint density at radius 1 is 1.26 bits per heavy atom. The predicted molar refractivity (Wildman–Crippen MR) is 84.0 cm³/mol. The van der Waals surface area contributed by atoms with Crippen molar-refractivity contribution in [1.82, 2.24) is 10.6 Å². The highest BCUT2D eigenvalue weighted by Crippen LogP contribution is 2.27. The van der Waals surface area contributed by atoms with Gasteiger partial charge in [0.05, 0.1) is 25.5 Å². The monoisotopic (exact) mass is 322 g/mol. The molecular formula is C16H22N2O5. The van der Waals surface area contributed by atoms with E-state index in [-0.39, 0.29) is 31.2 Å². The van der Waals surface area contributed by atoms with Crippen molar-refractivity contribution in [2.24, 2.45) is 0 Å². The van der Waals surface area contributed by atoms with E-state index < -0.39 is 12.0 Å². The van der Waals surface area contributed by atoms with Gasteiger partial charge < -0.3 is 20.5 Å². The van der Waals surface area contributed by atoms with E-state index in [4.69, 9.17) is 9.84 Å². The second-order valence-corrected chi connectivity index (χ2v) is 4.92. The summed E-state index contributed by atoms with van der Waals surface area (Å²) in [5, 5.41) is 13.8. The third-order valence-corrected chi connectivity index (χ3v) is 3.02. The van der Waals surface area contributed by atoms with E-state index in [9.17, 15) is 14.4 Å². The van der Waals surface area contributed by atoms with Crippen molar-refractivity contribution in [2.45, 2.75) is 32.7 Å². The Labute approximate surface area is 135 Å². The Bertz CT molecular complexity index is 559. The Balaban J connectivity index is 2.82. The Hall–Kier alpha value is -2.57. The number of carboxylic acid groups (broad SMARTS) is 1. The number of hydrogen-bond acceptors (Lipinski definition) is 4. The van der Waals surface area contributed by atoms with Crippen LogP contribution in [0, 0.1) is 0 Å². The van der Waals surface area contributed by atoms with Gasteiger partial charge in [0.1, 0.15) is 5.75 Å². The van der Waals surface area contributed by atoms with Gasteiger partial charge in [0.25, 0.3) is 0 Å². The van der Waals surface area contributed by atoms with Crippen LogP contribution in [0.25, 0.3) is 0 Å². The standard InChI is InChI=1S/C16H22N2O5/c1-3-23-14-7-5-4-6-12(14)13(18-11(2)19)10-15(20)17-9-8-16(21)22/h4-7,13H,3,8-10H2,1-2H3,(H,17,20)(H,18,19)(H,21,22). The van der Waals surface area contributed by atoms with Crippen LogP contribution in [0.1, 0.15) is 38.3 Å². The van der Waals surface area contributed by atoms with Crippen LogP contribution in [0.4, 0.5) is 0 Å². The SMILES string of the molecule is CCOc1ccccc1C(CC(=O)NCCC(=O)O)NC(C)=O. The largest absolute Gasteiger partial charge is 0.494 e. The van der Waals surface area contributed by atoms with Crippen LogP contribution >= 0.6 is 0 Å². The molecule has 126 valence electrons. The molecule has 1 aromatic rings. The summed E-state index contributed by atoms with van der Waals surface area (Å²) in [6.45, 7) is 3.74. The number of aliphatic carboxylic acids is 1. The molecule has 1 unspecified atom stereocenters. The molecule has 1 atom stereocenters. The van der Waals surface area contributed by atoms with Crippen molar-refractivity contribution in [3.8, 4) is 5.75 Å². The molecule has 0 radical (unpaired) electrons. The van der Waals surface area contributed by atoms with E-state index in [1.807, 2.05) is 13.0 Å². The molecule has 0 saturated carbocycles. The molecular weight excluding hydrogens is 300 g/mol. The lowest BCUT2D eigenvalue weighted by Crippen LogP contribution is -2.33. The number of hydrogen-bond donors (Lipinski definition) is 3. The predicted octanol–water partition coefficient (Wildman–Crippen LogP) is 1.24. The summed E-state index contributed by atoms with van der Waals surface area (Å²) in [6, 6.07) is 6.63. The number of rotatable bonds is 9. The van der Waals surface area contributed by atoms with Gasteiger partial charge in [0, 0.05) is 19.0 Å². The molecule has 0 bridgehead atoms. The number of carbonyl (C=O) groups excluding carboxylic acids is 2. The summed E-state index contributed by atoms with van der Waals surface area (Å²) in [5.74, 6) is -0.978. The first kappa shape index (κ1) is 18.5. The lowest BCUT2D eigenvalue weighted by molar-refractivity contribution is -0.137. The van der Waals surface area contributed by atoms with Gasteiger partial charge >= 0.3 is 5.97 Å². The number of ether oxygens (including phenoxy) is 1. The smallest absolute Gasteiger partial charge is 0.305 e. The topological polar surface area (TPSA) is 105 Å². The second kappa shape index (κ2) is 9.45. The average molecular weight is 322 g/mol. The first-order chi connectivity index (χ1) is 10.9. The minimum absolute atomic E-state index is 0.00326. The summed E-state index contributed by atoms with van der Waals surface area (Å²) in [5.41, 5.74) is 0.706. The summed E-state index contributed by atoms with van der Waals surface area (Å²) < 4.78 is 5.53. The molecule has 0 aromatic heterocycles. The molecule has 7 nitrogen and oxygen atoms in total. The zero-order valence-corrected chi connectivity index (χ0v) is 13.3. The fourth-order valence-electron chi connectivity index (χ4n) is 2.11. The number of benzene rings is 1. The van der Waals surface area contributed by atoms with E-state index in [0.717, 1.165) is 0 Å². The van der Waals surface area contributed by atoms with Crippen LogP contribution in [0.3, 0.4) is 0 Å². The quantitative estimate of drug-likeness (QED) is 0.634. The number of carbonyl (C=O) groups is 3. The highest BCUT2D eigenvalue weighted by molar-refractivity contribution is 5.79. The van der Waals surface area contributed by atoms with Crippen molar-refractivity contribution in [3.63, 3.8) is 0 Å². The normalized spacial score (nSPS) is 11.4. The Morgan fingerprint density at radius 3 is 2.57 bits per heavy atom. The van der Waals surface area contributed by atoms with Crippen LogP contribution in [0.5, 0.6) is 5.75 Å². The van der Waals surface area contributed by atoms with Gasteiger partial charge in [0.15, 0.2) is 0 Å². The number of para-hydroxylation sites is 1. The van der Waals surface area contributed by atoms with Crippen molar-refractivity contribution in [3.05, 3.63) is 29.8 Å². The molecule has 3 N–H and O–H groups in total. The molecule has 0 aliphatic carbocycles. The molecule has 0 fully saturated rings. The Morgan fingerprint density at radius 2 is 1.96 bits per heavy atom. The summed E-state index contributed by atoms with van der Waals surface area (Å²) in [7, 11) is 0. The van der Waals surface area contributed by atoms with E-state index in [0.29, 0.717) is 17.9 Å². The zero-order chi connectivity index (χ0) is 17.2. The number of carboxylic acids is 1. The van der Waals surface area contributed by atoms with E-state index in [1.165, 1.54) is 6.92 Å². The molecule has 7 heteroatoms. The molecule has 1 rings (SSSR count). The minimum atomic E-state index is -0.981. The summed E-state index contributed by atoms with van der Waals surface area (Å²) in [4.78, 5) is 33.8. The maximum absolute atomic E-state index is 12.0. The van der Waals surface area contributed by atoms with E-state index in [1.54, 1.807) is 18.2 Å². The molecule has 0 spiro atoms. The van der Waals surface area contributed by atoms with Gasteiger partial charge in [-0.3, -0.25) is 14.4 Å². The molecule has 0 heterocycles. The van der Waals surface area contributed by atoms with Crippen LogP contribution < -0.4 is 15.4 Å². The van der Waals surface area contributed by atoms with Gasteiger partial charge in [-0.2, -0.15) is 0 Å². The number of amides is 2. The third kappa shape index (κ3) is 6.82. The fraction of sp³-hybridized carbons (Fsp3) is 0.438. The zero-order valence-electron chi connectivity index (χ0n) is 13.3. The lowest BCUT2D eigenvalue weighted by atomic mass is 10.0. The van der Waals surface area contributed by atoms with Gasteiger partial charge in [-0.05, 0) is 13.0 Å². The summed E-state index contributed by atoms with van der Waals surface area (Å²) in [6.07, 6.45) is -0.143. The maximum Gasteiger partial charge on any atom is 0.305 e. The average Bonchev–Trinajstić information content (AvgIpc) is 2.46. The highest BCUT2D eigenvalue weighted by Gasteiger charge is 2.20. The van der Waals surface area contributed by atoms with Crippen molar-refractivity contribution < 1.29 is 24.2 Å². The second-order valence-electron chi connectivity index (χ2n) is 4.92. The fourth-order valence-corrected chi connectivity index (χ4v) is 2.11. The van der Waals surface area contributed by atoms with Crippen LogP contribution in [-0.2, 0) is 14.4 Å². The van der Waals surface area contributed by atoms with Crippen molar-refractivity contribution in [2.75, 3.05) is 13.2 Å². The Kier molecular flexibility index (Phi) is 7.59. The number of nitrogens with one attached hydrogen (secondary N) is 2. The maximum atomic E-state index is 12.0. The molecule has 23 heavy (non-hydrogen) atoms. The van der Waals surface area contributed by atoms with Crippen molar-refractivity contribution >= 4 is 17.8 Å². The van der Waals surface area contributed by atoms with Gasteiger partial charge in [-0.25, -0.2) is 0 Å². The van der Waals surface area contributed by atoms with Crippen LogP contribution in [-0.4, -0.2) is 36.0 Å². The van der Waals surface area contributed by atoms with Gasteiger partial charge in [-0.1, -0.05) is 18.2 Å². The van der Waals surface area contributed by atoms with Crippen LogP contribution in [0.2, 0.25) is 0 Å². The highest BCUT2D eigenvalue weighted by atomic mass is 16.5. The third-order valence-electron chi connectivity index (χ3n) is 3.02. The molecule has 2 amide bonds. The van der Waals surface area contributed by atoms with E-state index in [2.05, 4.69) is 10.6 Å². The van der Waals surface area contributed by atoms with Crippen LogP contribution in [0.15, 0.2) is 24.3 Å². The van der Waals surface area contributed by atoms with E-state index >= 15 is 0 Å². The first-order valence-corrected chi connectivity index (χ1v) is 7.41. The minimum Gasteiger partial charge on any atom is -0.494 e. The van der Waals surface area contributed by atoms with Crippen molar-refractivity contribution in [1.29, 1.82) is 0 Å². The van der Waals surface area contributed by atoms with Gasteiger partial charge in [0.2, 0.25) is 11.8 Å². The van der Waals surface area contributed by atoms with Gasteiger partial charge in [-0.15, -0.1) is 0 Å². The first-order valence-electron chi connectivity index (χ1n) is 7.41. The molecule has 0 aliphatic rings. The molecule has 0 aliphatic heterocycles. The lowest BCUT2D eigenvalue weighted by Gasteiger charge is -2.20. The summed E-state index contributed by atoms with van der Waals surface area (Å²) >= 11 is 0. The molecule has 0 saturated heterocycles.